The summed E-state index contributed by atoms with van der Waals surface area (Å²) in [5.74, 6) is -0.272. The molecular formula is C12H25NO2. The molecule has 0 aromatic heterocycles. The lowest BCUT2D eigenvalue weighted by Crippen LogP contribution is -2.30. The molecule has 1 saturated heterocycles. The second kappa shape index (κ2) is 5.83. The minimum Gasteiger partial charge on any atom is -0.347 e. The molecule has 0 aromatic rings. The first-order valence-corrected chi connectivity index (χ1v) is 6.08. The SMILES string of the molecule is CCCC1(CC)OCC(CCN(C)C)O1. The second-order valence-corrected chi connectivity index (χ2v) is 4.66. The third kappa shape index (κ3) is 3.74. The van der Waals surface area contributed by atoms with Crippen LogP contribution < -0.4 is 0 Å². The molecule has 2 atom stereocenters. The van der Waals surface area contributed by atoms with E-state index < -0.39 is 0 Å². The zero-order valence-electron chi connectivity index (χ0n) is 10.6. The number of ether oxygens (including phenoxy) is 2. The van der Waals surface area contributed by atoms with Crippen molar-refractivity contribution in [1.29, 1.82) is 0 Å². The molecule has 3 nitrogen and oxygen atoms in total. The number of hydrogen-bond donors (Lipinski definition) is 0. The summed E-state index contributed by atoms with van der Waals surface area (Å²) in [6, 6.07) is 0. The lowest BCUT2D eigenvalue weighted by molar-refractivity contribution is -0.175. The van der Waals surface area contributed by atoms with Gasteiger partial charge in [0.15, 0.2) is 5.79 Å². The summed E-state index contributed by atoms with van der Waals surface area (Å²) in [5, 5.41) is 0. The Hall–Kier alpha value is -0.120. The van der Waals surface area contributed by atoms with E-state index >= 15 is 0 Å². The number of nitrogens with zero attached hydrogens (tertiary/aromatic N) is 1. The van der Waals surface area contributed by atoms with Crippen LogP contribution in [0.15, 0.2) is 0 Å². The van der Waals surface area contributed by atoms with Gasteiger partial charge < -0.3 is 14.4 Å². The Labute approximate surface area is 93.7 Å². The van der Waals surface area contributed by atoms with E-state index in [4.69, 9.17) is 9.47 Å². The first kappa shape index (κ1) is 12.9. The van der Waals surface area contributed by atoms with Crippen LogP contribution in [0.1, 0.15) is 39.5 Å². The zero-order chi connectivity index (χ0) is 11.3. The molecule has 15 heavy (non-hydrogen) atoms. The van der Waals surface area contributed by atoms with Crippen molar-refractivity contribution in [3.8, 4) is 0 Å². The molecule has 1 aliphatic heterocycles. The summed E-state index contributed by atoms with van der Waals surface area (Å²) in [7, 11) is 4.18. The van der Waals surface area contributed by atoms with Gasteiger partial charge >= 0.3 is 0 Å². The molecule has 0 N–H and O–H groups in total. The summed E-state index contributed by atoms with van der Waals surface area (Å²) in [5.41, 5.74) is 0. The van der Waals surface area contributed by atoms with Crippen LogP contribution in [0, 0.1) is 0 Å². The van der Waals surface area contributed by atoms with E-state index in [2.05, 4.69) is 32.8 Å². The molecule has 1 heterocycles. The predicted octanol–water partition coefficient (Wildman–Crippen LogP) is 2.26. The van der Waals surface area contributed by atoms with Crippen molar-refractivity contribution in [3.63, 3.8) is 0 Å². The van der Waals surface area contributed by atoms with Gasteiger partial charge in [0.25, 0.3) is 0 Å². The van der Waals surface area contributed by atoms with Crippen LogP contribution in [-0.2, 0) is 9.47 Å². The molecule has 0 amide bonds. The Balaban J connectivity index is 2.35. The predicted molar refractivity (Wildman–Crippen MR) is 61.9 cm³/mol. The Kier molecular flexibility index (Phi) is 5.03. The Morgan fingerprint density at radius 1 is 1.33 bits per heavy atom. The molecule has 1 fully saturated rings. The fourth-order valence-electron chi connectivity index (χ4n) is 2.04. The molecule has 1 aliphatic rings. The number of hydrogen-bond acceptors (Lipinski definition) is 3. The molecule has 0 aliphatic carbocycles. The van der Waals surface area contributed by atoms with Crippen molar-refractivity contribution < 1.29 is 9.47 Å². The van der Waals surface area contributed by atoms with Gasteiger partial charge in [-0.3, -0.25) is 0 Å². The molecule has 1 rings (SSSR count). The quantitative estimate of drug-likeness (QED) is 0.678. The molecule has 90 valence electrons. The van der Waals surface area contributed by atoms with Crippen LogP contribution in [0.2, 0.25) is 0 Å². The molecule has 0 saturated carbocycles. The van der Waals surface area contributed by atoms with Crippen molar-refractivity contribution in [2.75, 3.05) is 27.2 Å². The normalized spacial score (nSPS) is 31.4. The number of rotatable bonds is 6. The van der Waals surface area contributed by atoms with E-state index in [-0.39, 0.29) is 5.79 Å². The van der Waals surface area contributed by atoms with Crippen molar-refractivity contribution in [2.24, 2.45) is 0 Å². The minimum absolute atomic E-state index is 0.272. The molecule has 0 aromatic carbocycles. The van der Waals surface area contributed by atoms with E-state index in [0.29, 0.717) is 6.10 Å². The summed E-state index contributed by atoms with van der Waals surface area (Å²) >= 11 is 0. The largest absolute Gasteiger partial charge is 0.347 e. The zero-order valence-corrected chi connectivity index (χ0v) is 10.6. The van der Waals surface area contributed by atoms with Crippen LogP contribution in [0.25, 0.3) is 0 Å². The van der Waals surface area contributed by atoms with Gasteiger partial charge in [-0.15, -0.1) is 0 Å². The summed E-state index contributed by atoms with van der Waals surface area (Å²) in [4.78, 5) is 2.19. The maximum Gasteiger partial charge on any atom is 0.168 e. The van der Waals surface area contributed by atoms with Gasteiger partial charge in [-0.1, -0.05) is 20.3 Å². The van der Waals surface area contributed by atoms with Crippen LogP contribution in [0.4, 0.5) is 0 Å². The summed E-state index contributed by atoms with van der Waals surface area (Å²) in [6.45, 7) is 6.16. The van der Waals surface area contributed by atoms with E-state index in [1.54, 1.807) is 0 Å². The Morgan fingerprint density at radius 2 is 2.07 bits per heavy atom. The summed E-state index contributed by atoms with van der Waals surface area (Å²) in [6.07, 6.45) is 4.45. The Morgan fingerprint density at radius 3 is 2.60 bits per heavy atom. The van der Waals surface area contributed by atoms with Crippen molar-refractivity contribution in [1.82, 2.24) is 4.90 Å². The average Bonchev–Trinajstić information content (AvgIpc) is 2.60. The highest BCUT2D eigenvalue weighted by Gasteiger charge is 2.38. The van der Waals surface area contributed by atoms with Crippen molar-refractivity contribution in [2.45, 2.75) is 51.4 Å². The third-order valence-electron chi connectivity index (χ3n) is 2.98. The topological polar surface area (TPSA) is 21.7 Å². The van der Waals surface area contributed by atoms with Gasteiger partial charge in [-0.25, -0.2) is 0 Å². The average molecular weight is 215 g/mol. The van der Waals surface area contributed by atoms with Crippen molar-refractivity contribution in [3.05, 3.63) is 0 Å². The van der Waals surface area contributed by atoms with Gasteiger partial charge in [-0.2, -0.15) is 0 Å². The highest BCUT2D eigenvalue weighted by atomic mass is 16.7. The first-order chi connectivity index (χ1) is 7.12. The van der Waals surface area contributed by atoms with E-state index in [1.807, 2.05) is 0 Å². The molecule has 0 radical (unpaired) electrons. The lowest BCUT2D eigenvalue weighted by atomic mass is 10.1. The molecule has 0 bridgehead atoms. The molecule has 0 spiro atoms. The van der Waals surface area contributed by atoms with Gasteiger partial charge in [0, 0.05) is 13.0 Å². The third-order valence-corrected chi connectivity index (χ3v) is 2.98. The summed E-state index contributed by atoms with van der Waals surface area (Å²) < 4.78 is 11.9. The second-order valence-electron chi connectivity index (χ2n) is 4.66. The maximum absolute atomic E-state index is 6.04. The van der Waals surface area contributed by atoms with Crippen LogP contribution in [0.3, 0.4) is 0 Å². The Bertz CT molecular complexity index is 184. The van der Waals surface area contributed by atoms with Crippen LogP contribution in [0.5, 0.6) is 0 Å². The standard InChI is InChI=1S/C12H25NO2/c1-5-8-12(6-2)14-10-11(15-12)7-9-13(3)4/h11H,5-10H2,1-4H3. The van der Waals surface area contributed by atoms with E-state index in [0.717, 1.165) is 38.8 Å². The maximum atomic E-state index is 6.04. The van der Waals surface area contributed by atoms with Crippen LogP contribution in [-0.4, -0.2) is 44.0 Å². The van der Waals surface area contributed by atoms with Gasteiger partial charge in [0.2, 0.25) is 0 Å². The van der Waals surface area contributed by atoms with Crippen LogP contribution >= 0.6 is 0 Å². The van der Waals surface area contributed by atoms with Gasteiger partial charge in [-0.05, 0) is 26.9 Å². The highest BCUT2D eigenvalue weighted by molar-refractivity contribution is 4.78. The van der Waals surface area contributed by atoms with E-state index in [9.17, 15) is 0 Å². The lowest BCUT2D eigenvalue weighted by Gasteiger charge is -2.26. The van der Waals surface area contributed by atoms with E-state index in [1.165, 1.54) is 0 Å². The minimum atomic E-state index is -0.272. The highest BCUT2D eigenvalue weighted by Crippen LogP contribution is 2.32. The fraction of sp³-hybridized carbons (Fsp3) is 1.00. The first-order valence-electron chi connectivity index (χ1n) is 6.08. The smallest absolute Gasteiger partial charge is 0.168 e. The fourth-order valence-corrected chi connectivity index (χ4v) is 2.04. The van der Waals surface area contributed by atoms with Crippen molar-refractivity contribution >= 4 is 0 Å². The molecule has 3 heteroatoms. The van der Waals surface area contributed by atoms with Gasteiger partial charge in [0.05, 0.1) is 12.7 Å². The molecular weight excluding hydrogens is 190 g/mol. The molecule has 2 unspecified atom stereocenters. The van der Waals surface area contributed by atoms with Gasteiger partial charge in [0.1, 0.15) is 0 Å². The monoisotopic (exact) mass is 215 g/mol.